The average molecular weight is 297 g/mol. The van der Waals surface area contributed by atoms with E-state index in [9.17, 15) is 18.0 Å². The molecular weight excluding hydrogens is 283 g/mol. The van der Waals surface area contributed by atoms with E-state index in [1.807, 2.05) is 0 Å². The standard InChI is InChI=1S/C10H14F3N3O2S/c1-5(2)16(4-10(11,12)13)8-6(9(17)18-3)7(14)15-19-8/h5H,4H2,1-3H3,(H2,14,15). The zero-order chi connectivity index (χ0) is 14.8. The summed E-state index contributed by atoms with van der Waals surface area (Å²) in [6.45, 7) is 1.99. The minimum Gasteiger partial charge on any atom is -0.465 e. The van der Waals surface area contributed by atoms with Crippen LogP contribution in [-0.4, -0.2) is 36.2 Å². The monoisotopic (exact) mass is 297 g/mol. The maximum atomic E-state index is 12.6. The first-order valence-corrected chi connectivity index (χ1v) is 6.11. The van der Waals surface area contributed by atoms with Crippen LogP contribution in [-0.2, 0) is 4.74 Å². The third kappa shape index (κ3) is 3.72. The second-order valence-corrected chi connectivity index (χ2v) is 4.83. The number of nitrogens with two attached hydrogens (primary N) is 1. The Morgan fingerprint density at radius 3 is 2.53 bits per heavy atom. The zero-order valence-corrected chi connectivity index (χ0v) is 11.4. The van der Waals surface area contributed by atoms with Crippen molar-refractivity contribution in [2.45, 2.75) is 26.1 Å². The molecule has 0 unspecified atom stereocenters. The number of alkyl halides is 3. The van der Waals surface area contributed by atoms with Gasteiger partial charge in [0.15, 0.2) is 5.82 Å². The number of anilines is 2. The van der Waals surface area contributed by atoms with E-state index in [2.05, 4.69) is 9.11 Å². The lowest BCUT2D eigenvalue weighted by Gasteiger charge is -2.28. The maximum Gasteiger partial charge on any atom is 0.405 e. The van der Waals surface area contributed by atoms with Gasteiger partial charge in [0.25, 0.3) is 0 Å². The van der Waals surface area contributed by atoms with Gasteiger partial charge in [-0.2, -0.15) is 17.5 Å². The highest BCUT2D eigenvalue weighted by Gasteiger charge is 2.35. The van der Waals surface area contributed by atoms with Crippen LogP contribution >= 0.6 is 11.5 Å². The summed E-state index contributed by atoms with van der Waals surface area (Å²) in [6.07, 6.45) is -4.39. The van der Waals surface area contributed by atoms with Crippen LogP contribution in [0.2, 0.25) is 0 Å². The molecule has 0 aliphatic heterocycles. The lowest BCUT2D eigenvalue weighted by molar-refractivity contribution is -0.120. The molecule has 0 aromatic carbocycles. The van der Waals surface area contributed by atoms with Crippen LogP contribution in [0.5, 0.6) is 0 Å². The molecule has 0 saturated carbocycles. The van der Waals surface area contributed by atoms with E-state index in [1.165, 1.54) is 0 Å². The fourth-order valence-corrected chi connectivity index (χ4v) is 2.40. The summed E-state index contributed by atoms with van der Waals surface area (Å²) in [5, 5.41) is 0.0664. The van der Waals surface area contributed by atoms with Gasteiger partial charge >= 0.3 is 12.1 Å². The summed E-state index contributed by atoms with van der Waals surface area (Å²) in [4.78, 5) is 12.6. The van der Waals surface area contributed by atoms with Gasteiger partial charge in [-0.15, -0.1) is 0 Å². The highest BCUT2D eigenvalue weighted by Crippen LogP contribution is 2.34. The van der Waals surface area contributed by atoms with E-state index < -0.39 is 24.7 Å². The fourth-order valence-electron chi connectivity index (χ4n) is 1.47. The Morgan fingerprint density at radius 2 is 2.11 bits per heavy atom. The lowest BCUT2D eigenvalue weighted by atomic mass is 10.2. The smallest absolute Gasteiger partial charge is 0.405 e. The minimum atomic E-state index is -4.39. The molecule has 1 aromatic heterocycles. The van der Waals surface area contributed by atoms with Crippen LogP contribution in [0.25, 0.3) is 0 Å². The quantitative estimate of drug-likeness (QED) is 0.864. The van der Waals surface area contributed by atoms with Crippen molar-refractivity contribution < 1.29 is 22.7 Å². The molecule has 0 spiro atoms. The predicted octanol–water partition coefficient (Wildman–Crippen LogP) is 2.29. The zero-order valence-electron chi connectivity index (χ0n) is 10.6. The SMILES string of the molecule is COC(=O)c1c(N)nsc1N(CC(F)(F)F)C(C)C. The average Bonchev–Trinajstić information content (AvgIpc) is 2.65. The Bertz CT molecular complexity index is 459. The molecule has 1 rings (SSSR count). The number of carbonyl (C=O) groups excluding carboxylic acids is 1. The number of methoxy groups -OCH3 is 1. The van der Waals surface area contributed by atoms with Gasteiger partial charge < -0.3 is 15.4 Å². The summed E-state index contributed by atoms with van der Waals surface area (Å²) in [5.74, 6) is -0.922. The van der Waals surface area contributed by atoms with Crippen molar-refractivity contribution in [2.24, 2.45) is 0 Å². The molecular formula is C10H14F3N3O2S. The third-order valence-corrected chi connectivity index (χ3v) is 3.22. The van der Waals surface area contributed by atoms with Crippen LogP contribution in [0.4, 0.5) is 24.0 Å². The summed E-state index contributed by atoms with van der Waals surface area (Å²) in [7, 11) is 1.13. The summed E-state index contributed by atoms with van der Waals surface area (Å²) >= 11 is 0.747. The molecule has 19 heavy (non-hydrogen) atoms. The number of esters is 1. The van der Waals surface area contributed by atoms with E-state index in [1.54, 1.807) is 13.8 Å². The normalized spacial score (nSPS) is 11.7. The number of halogens is 3. The van der Waals surface area contributed by atoms with Crippen LogP contribution in [0.1, 0.15) is 24.2 Å². The van der Waals surface area contributed by atoms with E-state index in [-0.39, 0.29) is 16.4 Å². The van der Waals surface area contributed by atoms with Crippen molar-refractivity contribution in [1.82, 2.24) is 4.37 Å². The van der Waals surface area contributed by atoms with E-state index in [0.29, 0.717) is 0 Å². The Kier molecular flexibility index (Phi) is 4.61. The van der Waals surface area contributed by atoms with Crippen molar-refractivity contribution in [1.29, 1.82) is 0 Å². The van der Waals surface area contributed by atoms with Crippen molar-refractivity contribution >= 4 is 28.3 Å². The minimum absolute atomic E-state index is 0.0664. The van der Waals surface area contributed by atoms with Crippen LogP contribution < -0.4 is 10.6 Å². The molecule has 0 radical (unpaired) electrons. The first kappa shape index (κ1) is 15.5. The topological polar surface area (TPSA) is 68.5 Å². The lowest BCUT2D eigenvalue weighted by Crippen LogP contribution is -2.39. The fraction of sp³-hybridized carbons (Fsp3) is 0.600. The molecule has 0 saturated heterocycles. The van der Waals surface area contributed by atoms with Gasteiger partial charge in [0.05, 0.1) is 7.11 Å². The molecule has 108 valence electrons. The third-order valence-electron chi connectivity index (χ3n) is 2.32. The highest BCUT2D eigenvalue weighted by molar-refractivity contribution is 7.11. The Hall–Kier alpha value is -1.51. The molecule has 9 heteroatoms. The summed E-state index contributed by atoms with van der Waals surface area (Å²) in [6, 6.07) is -0.468. The first-order chi connectivity index (χ1) is 8.67. The van der Waals surface area contributed by atoms with Gasteiger partial charge in [-0.05, 0) is 25.4 Å². The molecule has 0 bridgehead atoms. The van der Waals surface area contributed by atoms with Crippen molar-refractivity contribution in [2.75, 3.05) is 24.3 Å². The number of rotatable bonds is 4. The molecule has 2 N–H and O–H groups in total. The van der Waals surface area contributed by atoms with Gasteiger partial charge in [-0.1, -0.05) is 0 Å². The van der Waals surface area contributed by atoms with Gasteiger partial charge in [-0.3, -0.25) is 0 Å². The Balaban J connectivity index is 3.21. The number of hydrogen-bond donors (Lipinski definition) is 1. The van der Waals surface area contributed by atoms with Gasteiger partial charge in [0.2, 0.25) is 0 Å². The van der Waals surface area contributed by atoms with Crippen LogP contribution in [0.15, 0.2) is 0 Å². The van der Waals surface area contributed by atoms with Gasteiger partial charge in [-0.25, -0.2) is 4.79 Å². The first-order valence-electron chi connectivity index (χ1n) is 5.34. The number of aromatic nitrogens is 1. The van der Waals surface area contributed by atoms with E-state index in [0.717, 1.165) is 23.5 Å². The molecule has 0 atom stereocenters. The predicted molar refractivity (Wildman–Crippen MR) is 66.4 cm³/mol. The largest absolute Gasteiger partial charge is 0.465 e. The van der Waals surface area contributed by atoms with E-state index >= 15 is 0 Å². The number of carbonyl (C=O) groups is 1. The number of nitrogen functional groups attached to an aromatic ring is 1. The summed E-state index contributed by atoms with van der Waals surface area (Å²) in [5.41, 5.74) is 5.39. The second kappa shape index (κ2) is 5.64. The molecule has 1 heterocycles. The number of hydrogen-bond acceptors (Lipinski definition) is 6. The van der Waals surface area contributed by atoms with Crippen molar-refractivity contribution in [3.05, 3.63) is 5.56 Å². The molecule has 0 aliphatic carbocycles. The maximum absolute atomic E-state index is 12.6. The van der Waals surface area contributed by atoms with Crippen molar-refractivity contribution in [3.8, 4) is 0 Å². The molecule has 0 aliphatic rings. The highest BCUT2D eigenvalue weighted by atomic mass is 32.1. The number of ether oxygens (including phenoxy) is 1. The number of nitrogens with zero attached hydrogens (tertiary/aromatic N) is 2. The second-order valence-electron chi connectivity index (χ2n) is 4.08. The molecule has 0 amide bonds. The van der Waals surface area contributed by atoms with Crippen LogP contribution in [0.3, 0.4) is 0 Å². The molecule has 5 nitrogen and oxygen atoms in total. The molecule has 1 aromatic rings. The van der Waals surface area contributed by atoms with Crippen molar-refractivity contribution in [3.63, 3.8) is 0 Å². The van der Waals surface area contributed by atoms with Gasteiger partial charge in [0.1, 0.15) is 17.1 Å². The molecule has 0 fully saturated rings. The van der Waals surface area contributed by atoms with Crippen LogP contribution in [0, 0.1) is 0 Å². The van der Waals surface area contributed by atoms with E-state index in [4.69, 9.17) is 5.73 Å². The Labute approximate surface area is 112 Å². The van der Waals surface area contributed by atoms with Gasteiger partial charge in [0, 0.05) is 6.04 Å². The summed E-state index contributed by atoms with van der Waals surface area (Å²) < 4.78 is 45.9. The Morgan fingerprint density at radius 1 is 1.53 bits per heavy atom.